The fourth-order valence-corrected chi connectivity index (χ4v) is 2.16. The Hall–Kier alpha value is -1.69. The van der Waals surface area contributed by atoms with Gasteiger partial charge in [0.05, 0.1) is 11.0 Å². The SMILES string of the molecule is CC(C)(C)NC(=O)Cn1c(=S)[nH]c2ccc(F)cc21. The van der Waals surface area contributed by atoms with E-state index < -0.39 is 0 Å². The van der Waals surface area contributed by atoms with Gasteiger partial charge in [0.15, 0.2) is 4.77 Å². The molecule has 0 saturated heterocycles. The first-order chi connectivity index (χ1) is 8.76. The Bertz CT molecular complexity index is 681. The van der Waals surface area contributed by atoms with Crippen molar-refractivity contribution in [2.24, 2.45) is 0 Å². The van der Waals surface area contributed by atoms with E-state index in [1.54, 1.807) is 10.6 Å². The number of halogens is 1. The number of benzene rings is 1. The number of nitrogens with zero attached hydrogens (tertiary/aromatic N) is 1. The lowest BCUT2D eigenvalue weighted by Gasteiger charge is -2.20. The predicted octanol–water partition coefficient (Wildman–Crippen LogP) is 2.75. The Morgan fingerprint density at radius 1 is 1.47 bits per heavy atom. The third-order valence-electron chi connectivity index (χ3n) is 2.55. The highest BCUT2D eigenvalue weighted by molar-refractivity contribution is 7.71. The maximum absolute atomic E-state index is 13.3. The van der Waals surface area contributed by atoms with E-state index in [0.29, 0.717) is 10.3 Å². The quantitative estimate of drug-likeness (QED) is 0.832. The first-order valence-corrected chi connectivity index (χ1v) is 6.36. The topological polar surface area (TPSA) is 49.8 Å². The van der Waals surface area contributed by atoms with Crippen molar-refractivity contribution in [1.82, 2.24) is 14.9 Å². The molecule has 1 aromatic heterocycles. The largest absolute Gasteiger partial charge is 0.350 e. The van der Waals surface area contributed by atoms with Gasteiger partial charge in [0, 0.05) is 5.54 Å². The lowest BCUT2D eigenvalue weighted by molar-refractivity contribution is -0.123. The molecule has 6 heteroatoms. The summed E-state index contributed by atoms with van der Waals surface area (Å²) in [4.78, 5) is 14.9. The van der Waals surface area contributed by atoms with Gasteiger partial charge in [-0.05, 0) is 51.2 Å². The number of amides is 1. The molecule has 0 aliphatic heterocycles. The van der Waals surface area contributed by atoms with Crippen LogP contribution in [0.2, 0.25) is 0 Å². The number of nitrogens with one attached hydrogen (secondary N) is 2. The second-order valence-corrected chi connectivity index (χ2v) is 5.86. The fraction of sp³-hybridized carbons (Fsp3) is 0.385. The zero-order valence-electron chi connectivity index (χ0n) is 11.1. The van der Waals surface area contributed by atoms with E-state index in [2.05, 4.69) is 10.3 Å². The molecule has 1 heterocycles. The molecular weight excluding hydrogens is 265 g/mol. The van der Waals surface area contributed by atoms with Gasteiger partial charge in [-0.3, -0.25) is 4.79 Å². The average molecular weight is 281 g/mol. The minimum atomic E-state index is -0.355. The van der Waals surface area contributed by atoms with Crippen molar-refractivity contribution in [2.45, 2.75) is 32.9 Å². The number of aromatic nitrogens is 2. The maximum atomic E-state index is 13.3. The van der Waals surface area contributed by atoms with Gasteiger partial charge in [-0.2, -0.15) is 0 Å². The van der Waals surface area contributed by atoms with Crippen LogP contribution in [-0.2, 0) is 11.3 Å². The van der Waals surface area contributed by atoms with Gasteiger partial charge < -0.3 is 14.9 Å². The molecular formula is C13H16FN3OS. The molecule has 0 spiro atoms. The van der Waals surface area contributed by atoms with E-state index in [0.717, 1.165) is 5.52 Å². The Morgan fingerprint density at radius 3 is 2.79 bits per heavy atom. The molecule has 19 heavy (non-hydrogen) atoms. The molecule has 0 radical (unpaired) electrons. The minimum absolute atomic E-state index is 0.0690. The van der Waals surface area contributed by atoms with Crippen LogP contribution in [0.1, 0.15) is 20.8 Å². The maximum Gasteiger partial charge on any atom is 0.240 e. The van der Waals surface area contributed by atoms with Crippen LogP contribution < -0.4 is 5.32 Å². The lowest BCUT2D eigenvalue weighted by atomic mass is 10.1. The number of fused-ring (bicyclic) bond motifs is 1. The molecule has 0 saturated carbocycles. The molecule has 1 amide bonds. The normalized spacial score (nSPS) is 11.8. The van der Waals surface area contributed by atoms with Crippen LogP contribution in [0, 0.1) is 10.6 Å². The molecule has 0 aliphatic carbocycles. The molecule has 1 aromatic carbocycles. The average Bonchev–Trinajstić information content (AvgIpc) is 2.53. The molecule has 2 rings (SSSR count). The summed E-state index contributed by atoms with van der Waals surface area (Å²) in [5, 5.41) is 2.85. The first-order valence-electron chi connectivity index (χ1n) is 5.95. The molecule has 0 bridgehead atoms. The number of imidazole rings is 1. The number of hydrogen-bond donors (Lipinski definition) is 2. The fourth-order valence-electron chi connectivity index (χ4n) is 1.88. The predicted molar refractivity (Wildman–Crippen MR) is 75.0 cm³/mol. The van der Waals surface area contributed by atoms with E-state index in [1.165, 1.54) is 12.1 Å². The van der Waals surface area contributed by atoms with Crippen LogP contribution in [0.5, 0.6) is 0 Å². The minimum Gasteiger partial charge on any atom is -0.350 e. The molecule has 0 fully saturated rings. The van der Waals surface area contributed by atoms with E-state index in [1.807, 2.05) is 20.8 Å². The molecule has 2 N–H and O–H groups in total. The second kappa shape index (κ2) is 4.77. The highest BCUT2D eigenvalue weighted by atomic mass is 32.1. The Balaban J connectivity index is 2.35. The van der Waals surface area contributed by atoms with Crippen molar-refractivity contribution in [3.63, 3.8) is 0 Å². The van der Waals surface area contributed by atoms with Gasteiger partial charge in [-0.15, -0.1) is 0 Å². The van der Waals surface area contributed by atoms with Crippen LogP contribution in [0.3, 0.4) is 0 Å². The zero-order valence-corrected chi connectivity index (χ0v) is 11.9. The van der Waals surface area contributed by atoms with Gasteiger partial charge in [0.1, 0.15) is 12.4 Å². The van der Waals surface area contributed by atoms with Crippen molar-refractivity contribution in [3.8, 4) is 0 Å². The van der Waals surface area contributed by atoms with Crippen LogP contribution in [0.25, 0.3) is 11.0 Å². The van der Waals surface area contributed by atoms with Crippen LogP contribution in [0.4, 0.5) is 4.39 Å². The molecule has 2 aromatic rings. The highest BCUT2D eigenvalue weighted by Gasteiger charge is 2.15. The van der Waals surface area contributed by atoms with Gasteiger partial charge in [-0.1, -0.05) is 0 Å². The number of rotatable bonds is 2. The first kappa shape index (κ1) is 13.7. The summed E-state index contributed by atoms with van der Waals surface area (Å²) in [7, 11) is 0. The molecule has 4 nitrogen and oxygen atoms in total. The summed E-state index contributed by atoms with van der Waals surface area (Å²) < 4.78 is 15.3. The third-order valence-corrected chi connectivity index (χ3v) is 2.88. The molecule has 0 atom stereocenters. The highest BCUT2D eigenvalue weighted by Crippen LogP contribution is 2.15. The summed E-state index contributed by atoms with van der Waals surface area (Å²) in [5.41, 5.74) is 1.00. The van der Waals surface area contributed by atoms with Crippen LogP contribution in [0.15, 0.2) is 18.2 Å². The Morgan fingerprint density at radius 2 is 2.16 bits per heavy atom. The van der Waals surface area contributed by atoms with Gasteiger partial charge in [0.2, 0.25) is 5.91 Å². The van der Waals surface area contributed by atoms with E-state index in [4.69, 9.17) is 12.2 Å². The number of hydrogen-bond acceptors (Lipinski definition) is 2. The number of H-pyrrole nitrogens is 1. The van der Waals surface area contributed by atoms with E-state index >= 15 is 0 Å². The summed E-state index contributed by atoms with van der Waals surface area (Å²) in [6.07, 6.45) is 0. The smallest absolute Gasteiger partial charge is 0.240 e. The standard InChI is InChI=1S/C13H16FN3OS/c1-13(2,3)16-11(18)7-17-10-6-8(14)4-5-9(10)15-12(17)19/h4-6H,7H2,1-3H3,(H,15,19)(H,16,18). The second-order valence-electron chi connectivity index (χ2n) is 5.48. The zero-order chi connectivity index (χ0) is 14.2. The molecule has 0 unspecified atom stereocenters. The van der Waals surface area contributed by atoms with Crippen molar-refractivity contribution < 1.29 is 9.18 Å². The number of carbonyl (C=O) groups is 1. The Labute approximate surface area is 115 Å². The summed E-state index contributed by atoms with van der Waals surface area (Å²) in [6, 6.07) is 4.33. The van der Waals surface area contributed by atoms with Crippen molar-refractivity contribution >= 4 is 29.2 Å². The van der Waals surface area contributed by atoms with Crippen molar-refractivity contribution in [3.05, 3.63) is 28.8 Å². The lowest BCUT2D eigenvalue weighted by Crippen LogP contribution is -2.42. The van der Waals surface area contributed by atoms with Gasteiger partial charge >= 0.3 is 0 Å². The number of carbonyl (C=O) groups excluding carboxylic acids is 1. The van der Waals surface area contributed by atoms with Gasteiger partial charge in [-0.25, -0.2) is 4.39 Å². The molecule has 102 valence electrons. The monoisotopic (exact) mass is 281 g/mol. The van der Waals surface area contributed by atoms with E-state index in [-0.39, 0.29) is 23.8 Å². The van der Waals surface area contributed by atoms with Gasteiger partial charge in [0.25, 0.3) is 0 Å². The third kappa shape index (κ3) is 3.20. The van der Waals surface area contributed by atoms with Crippen LogP contribution >= 0.6 is 12.2 Å². The summed E-state index contributed by atoms with van der Waals surface area (Å²) >= 11 is 5.16. The molecule has 0 aliphatic rings. The van der Waals surface area contributed by atoms with Crippen molar-refractivity contribution in [1.29, 1.82) is 0 Å². The van der Waals surface area contributed by atoms with E-state index in [9.17, 15) is 9.18 Å². The number of aromatic amines is 1. The van der Waals surface area contributed by atoms with Crippen LogP contribution in [-0.4, -0.2) is 21.0 Å². The summed E-state index contributed by atoms with van der Waals surface area (Å²) in [5.74, 6) is -0.514. The Kier molecular flexibility index (Phi) is 3.45. The van der Waals surface area contributed by atoms with Crippen molar-refractivity contribution in [2.75, 3.05) is 0 Å². The summed E-state index contributed by atoms with van der Waals surface area (Å²) in [6.45, 7) is 5.77.